The maximum Gasteiger partial charge on any atom is 0.328 e. The number of amides is 3. The zero-order valence-corrected chi connectivity index (χ0v) is 11.6. The number of nitrogens with zero attached hydrogens (tertiary/aromatic N) is 1. The smallest absolute Gasteiger partial charge is 0.328 e. The summed E-state index contributed by atoms with van der Waals surface area (Å²) in [6.45, 7) is 2.24. The van der Waals surface area contributed by atoms with Gasteiger partial charge in [0.1, 0.15) is 11.4 Å². The van der Waals surface area contributed by atoms with E-state index in [1.165, 1.54) is 0 Å². The summed E-state index contributed by atoms with van der Waals surface area (Å²) in [6, 6.07) is 5.49. The van der Waals surface area contributed by atoms with E-state index in [1.54, 1.807) is 4.90 Å². The number of aryl methyl sites for hydroxylation is 1. The lowest BCUT2D eigenvalue weighted by atomic mass is 9.86. The summed E-state index contributed by atoms with van der Waals surface area (Å²) in [5.74, 6) is 0.706. The molecule has 21 heavy (non-hydrogen) atoms. The lowest BCUT2D eigenvalue weighted by Gasteiger charge is -2.45. The van der Waals surface area contributed by atoms with Crippen LogP contribution in [-0.2, 0) is 11.2 Å². The number of urea groups is 1. The highest BCUT2D eigenvalue weighted by atomic mass is 16.5. The van der Waals surface area contributed by atoms with E-state index < -0.39 is 0 Å². The van der Waals surface area contributed by atoms with Gasteiger partial charge in [-0.15, -0.1) is 0 Å². The van der Waals surface area contributed by atoms with Crippen LogP contribution in [0.15, 0.2) is 18.2 Å². The van der Waals surface area contributed by atoms with Crippen LogP contribution >= 0.6 is 0 Å². The van der Waals surface area contributed by atoms with E-state index in [1.807, 2.05) is 18.2 Å². The molecule has 3 amide bonds. The van der Waals surface area contributed by atoms with E-state index in [0.717, 1.165) is 42.9 Å². The Bertz CT molecular complexity index is 625. The van der Waals surface area contributed by atoms with Gasteiger partial charge in [0.05, 0.1) is 0 Å². The molecule has 2 N–H and O–H groups in total. The van der Waals surface area contributed by atoms with E-state index in [0.29, 0.717) is 13.0 Å². The van der Waals surface area contributed by atoms with Crippen LogP contribution < -0.4 is 20.3 Å². The number of benzene rings is 1. The van der Waals surface area contributed by atoms with Gasteiger partial charge in [-0.05, 0) is 36.6 Å². The molecule has 1 aromatic rings. The van der Waals surface area contributed by atoms with Gasteiger partial charge in [-0.2, -0.15) is 0 Å². The summed E-state index contributed by atoms with van der Waals surface area (Å²) in [7, 11) is 0. The SMILES string of the molecule is O=C1CCN(c2ccc3c(c2)CCC2(CNC2)O3)C(=O)N1. The number of carbonyl (C=O) groups is 2. The molecule has 1 aromatic carbocycles. The van der Waals surface area contributed by atoms with Crippen LogP contribution in [0.25, 0.3) is 0 Å². The molecule has 0 unspecified atom stereocenters. The predicted molar refractivity (Wildman–Crippen MR) is 76.5 cm³/mol. The fourth-order valence-electron chi connectivity index (χ4n) is 3.14. The number of imide groups is 1. The molecule has 3 heterocycles. The molecule has 2 fully saturated rings. The van der Waals surface area contributed by atoms with Gasteiger partial charge < -0.3 is 10.1 Å². The summed E-state index contributed by atoms with van der Waals surface area (Å²) in [5.41, 5.74) is 1.93. The Morgan fingerprint density at radius 1 is 1.19 bits per heavy atom. The van der Waals surface area contributed by atoms with Gasteiger partial charge in [0.25, 0.3) is 0 Å². The molecule has 2 saturated heterocycles. The molecule has 0 atom stereocenters. The van der Waals surface area contributed by atoms with Crippen LogP contribution in [0.2, 0.25) is 0 Å². The molecular formula is C15H17N3O3. The highest BCUT2D eigenvalue weighted by Gasteiger charge is 2.42. The third-order valence-corrected chi connectivity index (χ3v) is 4.48. The zero-order chi connectivity index (χ0) is 14.4. The molecule has 6 heteroatoms. The van der Waals surface area contributed by atoms with E-state index in [-0.39, 0.29) is 17.5 Å². The Hall–Kier alpha value is -2.08. The number of hydrogen-bond donors (Lipinski definition) is 2. The van der Waals surface area contributed by atoms with E-state index in [9.17, 15) is 9.59 Å². The number of rotatable bonds is 1. The summed E-state index contributed by atoms with van der Waals surface area (Å²) < 4.78 is 6.11. The van der Waals surface area contributed by atoms with Crippen molar-refractivity contribution in [2.45, 2.75) is 24.9 Å². The second-order valence-electron chi connectivity index (χ2n) is 5.94. The van der Waals surface area contributed by atoms with Crippen molar-refractivity contribution in [1.82, 2.24) is 10.6 Å². The molecule has 1 spiro atoms. The van der Waals surface area contributed by atoms with Crippen molar-refractivity contribution < 1.29 is 14.3 Å². The third-order valence-electron chi connectivity index (χ3n) is 4.48. The van der Waals surface area contributed by atoms with Crippen LogP contribution in [0.5, 0.6) is 5.75 Å². The van der Waals surface area contributed by atoms with Gasteiger partial charge in [0.2, 0.25) is 5.91 Å². The number of ether oxygens (including phenoxy) is 1. The van der Waals surface area contributed by atoms with Crippen molar-refractivity contribution in [2.24, 2.45) is 0 Å². The lowest BCUT2D eigenvalue weighted by molar-refractivity contribution is -0.120. The molecule has 0 saturated carbocycles. The first-order valence-corrected chi connectivity index (χ1v) is 7.29. The molecular weight excluding hydrogens is 270 g/mol. The van der Waals surface area contributed by atoms with Crippen LogP contribution in [-0.4, -0.2) is 37.2 Å². The normalized spacial score (nSPS) is 23.1. The second-order valence-corrected chi connectivity index (χ2v) is 5.94. The van der Waals surface area contributed by atoms with Crippen LogP contribution in [0.1, 0.15) is 18.4 Å². The Morgan fingerprint density at radius 2 is 2.05 bits per heavy atom. The van der Waals surface area contributed by atoms with Crippen molar-refractivity contribution >= 4 is 17.6 Å². The average molecular weight is 287 g/mol. The van der Waals surface area contributed by atoms with Gasteiger partial charge in [0, 0.05) is 31.7 Å². The van der Waals surface area contributed by atoms with Crippen molar-refractivity contribution in [3.05, 3.63) is 23.8 Å². The van der Waals surface area contributed by atoms with Gasteiger partial charge >= 0.3 is 6.03 Å². The molecule has 0 radical (unpaired) electrons. The summed E-state index contributed by atoms with van der Waals surface area (Å²) >= 11 is 0. The van der Waals surface area contributed by atoms with Crippen LogP contribution in [0.4, 0.5) is 10.5 Å². The number of anilines is 1. The first kappa shape index (κ1) is 12.6. The number of nitrogens with one attached hydrogen (secondary N) is 2. The summed E-state index contributed by atoms with van der Waals surface area (Å²) in [4.78, 5) is 24.7. The number of carbonyl (C=O) groups excluding carboxylic acids is 2. The molecule has 0 bridgehead atoms. The highest BCUT2D eigenvalue weighted by Crippen LogP contribution is 2.37. The van der Waals surface area contributed by atoms with Gasteiger partial charge in [-0.25, -0.2) is 4.79 Å². The van der Waals surface area contributed by atoms with Crippen LogP contribution in [0, 0.1) is 0 Å². The van der Waals surface area contributed by atoms with Gasteiger partial charge in [-0.3, -0.25) is 15.0 Å². The Labute approximate surface area is 122 Å². The molecule has 0 aliphatic carbocycles. The fraction of sp³-hybridized carbons (Fsp3) is 0.467. The zero-order valence-electron chi connectivity index (χ0n) is 11.6. The van der Waals surface area contributed by atoms with E-state index >= 15 is 0 Å². The minimum absolute atomic E-state index is 0.0244. The Balaban J connectivity index is 1.58. The molecule has 6 nitrogen and oxygen atoms in total. The lowest BCUT2D eigenvalue weighted by Crippen LogP contribution is -2.64. The van der Waals surface area contributed by atoms with E-state index in [2.05, 4.69) is 10.6 Å². The van der Waals surface area contributed by atoms with Crippen molar-refractivity contribution in [3.63, 3.8) is 0 Å². The molecule has 4 rings (SSSR count). The van der Waals surface area contributed by atoms with Crippen molar-refractivity contribution in [3.8, 4) is 5.75 Å². The fourth-order valence-corrected chi connectivity index (χ4v) is 3.14. The minimum atomic E-state index is -0.345. The Morgan fingerprint density at radius 3 is 2.76 bits per heavy atom. The maximum absolute atomic E-state index is 11.9. The number of hydrogen-bond acceptors (Lipinski definition) is 4. The quantitative estimate of drug-likeness (QED) is 0.801. The van der Waals surface area contributed by atoms with Crippen LogP contribution in [0.3, 0.4) is 0 Å². The second kappa shape index (κ2) is 4.46. The maximum atomic E-state index is 11.9. The first-order valence-electron chi connectivity index (χ1n) is 7.29. The monoisotopic (exact) mass is 287 g/mol. The van der Waals surface area contributed by atoms with E-state index in [4.69, 9.17) is 4.74 Å². The minimum Gasteiger partial charge on any atom is -0.484 e. The average Bonchev–Trinajstić information content (AvgIpc) is 2.44. The highest BCUT2D eigenvalue weighted by molar-refractivity contribution is 6.05. The first-order chi connectivity index (χ1) is 10.2. The molecule has 0 aromatic heterocycles. The largest absolute Gasteiger partial charge is 0.484 e. The van der Waals surface area contributed by atoms with Gasteiger partial charge in [-0.1, -0.05) is 0 Å². The van der Waals surface area contributed by atoms with Crippen molar-refractivity contribution in [1.29, 1.82) is 0 Å². The van der Waals surface area contributed by atoms with Crippen molar-refractivity contribution in [2.75, 3.05) is 24.5 Å². The standard InChI is InChI=1S/C15H17N3O3/c19-13-4-6-18(14(20)17-13)11-1-2-12-10(7-11)3-5-15(21-12)8-16-9-15/h1-2,7,16H,3-6,8-9H2,(H,17,19,20). The van der Waals surface area contributed by atoms with Gasteiger partial charge in [0.15, 0.2) is 0 Å². The predicted octanol–water partition coefficient (Wildman–Crippen LogP) is 0.800. The Kier molecular flexibility index (Phi) is 2.68. The number of fused-ring (bicyclic) bond motifs is 1. The summed E-state index contributed by atoms with van der Waals surface area (Å²) in [5, 5.41) is 5.61. The molecule has 3 aliphatic rings. The third kappa shape index (κ3) is 2.06. The molecule has 110 valence electrons. The summed E-state index contributed by atoms with van der Waals surface area (Å²) in [6.07, 6.45) is 2.30. The molecule has 3 aliphatic heterocycles. The topological polar surface area (TPSA) is 70.7 Å².